The lowest BCUT2D eigenvalue weighted by molar-refractivity contribution is -0.119. The Morgan fingerprint density at radius 1 is 1.20 bits per heavy atom. The summed E-state index contributed by atoms with van der Waals surface area (Å²) in [6, 6.07) is 7.61. The van der Waals surface area contributed by atoms with Gasteiger partial charge in [0.25, 0.3) is 0 Å². The highest BCUT2D eigenvalue weighted by Crippen LogP contribution is 2.25. The predicted octanol–water partition coefficient (Wildman–Crippen LogP) is 4.63. The molecule has 112 valence electrons. The second-order valence-corrected chi connectivity index (χ2v) is 5.58. The fourth-order valence-electron chi connectivity index (χ4n) is 1.74. The molecule has 0 aromatic heterocycles. The van der Waals surface area contributed by atoms with Crippen LogP contribution in [0.3, 0.4) is 0 Å². The van der Waals surface area contributed by atoms with Gasteiger partial charge in [-0.3, -0.25) is 4.79 Å². The molecular formula is C17H27NO2. The average Bonchev–Trinajstić information content (AvgIpc) is 2.48. The number of anilines is 1. The molecule has 1 atom stereocenters. The third-order valence-electron chi connectivity index (χ3n) is 4.04. The van der Waals surface area contributed by atoms with E-state index in [1.807, 2.05) is 38.1 Å². The van der Waals surface area contributed by atoms with E-state index in [1.165, 1.54) is 0 Å². The number of benzene rings is 1. The monoisotopic (exact) mass is 277 g/mol. The van der Waals surface area contributed by atoms with Crippen LogP contribution >= 0.6 is 0 Å². The van der Waals surface area contributed by atoms with Gasteiger partial charge in [-0.2, -0.15) is 0 Å². The Balaban J connectivity index is 2.67. The number of carbonyl (C=O) groups excluding carboxylic acids is 1. The molecule has 0 saturated carbocycles. The van der Waals surface area contributed by atoms with Crippen LogP contribution in [-0.4, -0.2) is 11.5 Å². The second-order valence-electron chi connectivity index (χ2n) is 5.58. The van der Waals surface area contributed by atoms with Crippen LogP contribution in [0.15, 0.2) is 24.3 Å². The number of hydrogen-bond donors (Lipinski definition) is 1. The van der Waals surface area contributed by atoms with Crippen LogP contribution in [0.25, 0.3) is 0 Å². The van der Waals surface area contributed by atoms with Crippen LogP contribution < -0.4 is 10.1 Å². The van der Waals surface area contributed by atoms with Crippen LogP contribution in [-0.2, 0) is 4.79 Å². The van der Waals surface area contributed by atoms with Crippen molar-refractivity contribution in [2.45, 2.75) is 59.5 Å². The summed E-state index contributed by atoms with van der Waals surface area (Å²) in [4.78, 5) is 11.8. The van der Waals surface area contributed by atoms with E-state index >= 15 is 0 Å². The van der Waals surface area contributed by atoms with Gasteiger partial charge >= 0.3 is 0 Å². The SMILES string of the molecule is CCC(C)C(=O)Nc1ccc(OC(C)(CC)CC)cc1. The van der Waals surface area contributed by atoms with Crippen LogP contribution in [0.1, 0.15) is 53.9 Å². The average molecular weight is 277 g/mol. The third kappa shape index (κ3) is 4.55. The summed E-state index contributed by atoms with van der Waals surface area (Å²) in [6.07, 6.45) is 2.78. The maximum atomic E-state index is 11.8. The first-order valence-electron chi connectivity index (χ1n) is 7.54. The molecule has 0 aliphatic heterocycles. The highest BCUT2D eigenvalue weighted by Gasteiger charge is 2.21. The standard InChI is InChI=1S/C17H27NO2/c1-6-13(4)16(19)18-14-9-11-15(12-10-14)20-17(5,7-2)8-3/h9-13H,6-8H2,1-5H3,(H,18,19). The zero-order valence-corrected chi connectivity index (χ0v) is 13.3. The molecule has 1 amide bonds. The van der Waals surface area contributed by atoms with E-state index in [1.54, 1.807) is 0 Å². The molecule has 1 aromatic carbocycles. The number of rotatable bonds is 7. The van der Waals surface area contributed by atoms with E-state index in [-0.39, 0.29) is 17.4 Å². The number of carbonyl (C=O) groups is 1. The van der Waals surface area contributed by atoms with Crippen molar-refractivity contribution in [3.05, 3.63) is 24.3 Å². The summed E-state index contributed by atoms with van der Waals surface area (Å²) >= 11 is 0. The zero-order chi connectivity index (χ0) is 15.2. The first-order chi connectivity index (χ1) is 9.44. The molecule has 1 unspecified atom stereocenters. The molecular weight excluding hydrogens is 250 g/mol. The van der Waals surface area contributed by atoms with Crippen molar-refractivity contribution in [3.63, 3.8) is 0 Å². The molecule has 0 heterocycles. The summed E-state index contributed by atoms with van der Waals surface area (Å²) in [5, 5.41) is 2.92. The zero-order valence-electron chi connectivity index (χ0n) is 13.3. The van der Waals surface area contributed by atoms with Crippen molar-refractivity contribution in [3.8, 4) is 5.75 Å². The fraction of sp³-hybridized carbons (Fsp3) is 0.588. The first kappa shape index (κ1) is 16.5. The van der Waals surface area contributed by atoms with Crippen molar-refractivity contribution in [2.75, 3.05) is 5.32 Å². The molecule has 3 nitrogen and oxygen atoms in total. The molecule has 3 heteroatoms. The Morgan fingerprint density at radius 2 is 1.75 bits per heavy atom. The molecule has 0 radical (unpaired) electrons. The van der Waals surface area contributed by atoms with Crippen molar-refractivity contribution < 1.29 is 9.53 Å². The van der Waals surface area contributed by atoms with Gasteiger partial charge in [-0.15, -0.1) is 0 Å². The molecule has 1 rings (SSSR count). The molecule has 0 fully saturated rings. The van der Waals surface area contributed by atoms with E-state index < -0.39 is 0 Å². The van der Waals surface area contributed by atoms with E-state index in [4.69, 9.17) is 4.74 Å². The summed E-state index contributed by atoms with van der Waals surface area (Å²) < 4.78 is 6.02. The molecule has 20 heavy (non-hydrogen) atoms. The predicted molar refractivity (Wildman–Crippen MR) is 84.1 cm³/mol. The highest BCUT2D eigenvalue weighted by atomic mass is 16.5. The van der Waals surface area contributed by atoms with Crippen molar-refractivity contribution in [2.24, 2.45) is 5.92 Å². The van der Waals surface area contributed by atoms with Gasteiger partial charge < -0.3 is 10.1 Å². The van der Waals surface area contributed by atoms with Gasteiger partial charge in [-0.1, -0.05) is 27.7 Å². The lowest BCUT2D eigenvalue weighted by atomic mass is 10.00. The molecule has 0 spiro atoms. The van der Waals surface area contributed by atoms with Crippen LogP contribution in [0.5, 0.6) is 5.75 Å². The number of hydrogen-bond acceptors (Lipinski definition) is 2. The number of amides is 1. The van der Waals surface area contributed by atoms with Crippen LogP contribution in [0.4, 0.5) is 5.69 Å². The molecule has 0 aliphatic rings. The topological polar surface area (TPSA) is 38.3 Å². The molecule has 1 N–H and O–H groups in total. The molecule has 1 aromatic rings. The van der Waals surface area contributed by atoms with Crippen molar-refractivity contribution >= 4 is 11.6 Å². The van der Waals surface area contributed by atoms with Crippen molar-refractivity contribution in [1.82, 2.24) is 0 Å². The normalized spacial score (nSPS) is 12.8. The lowest BCUT2D eigenvalue weighted by Crippen LogP contribution is -2.30. The first-order valence-corrected chi connectivity index (χ1v) is 7.54. The third-order valence-corrected chi connectivity index (χ3v) is 4.04. The Labute approximate surface area is 122 Å². The summed E-state index contributed by atoms with van der Waals surface area (Å²) in [5.74, 6) is 0.945. The second kappa shape index (κ2) is 7.32. The smallest absolute Gasteiger partial charge is 0.227 e. The molecule has 0 aliphatic carbocycles. The van der Waals surface area contributed by atoms with Gasteiger partial charge in [0.15, 0.2) is 0 Å². The van der Waals surface area contributed by atoms with Crippen molar-refractivity contribution in [1.29, 1.82) is 0 Å². The fourth-order valence-corrected chi connectivity index (χ4v) is 1.74. The van der Waals surface area contributed by atoms with E-state index in [0.717, 1.165) is 30.7 Å². The highest BCUT2D eigenvalue weighted by molar-refractivity contribution is 5.92. The minimum atomic E-state index is -0.124. The van der Waals surface area contributed by atoms with Gasteiger partial charge in [-0.05, 0) is 50.5 Å². The largest absolute Gasteiger partial charge is 0.488 e. The summed E-state index contributed by atoms with van der Waals surface area (Å²) in [6.45, 7) is 10.3. The van der Waals surface area contributed by atoms with Crippen LogP contribution in [0.2, 0.25) is 0 Å². The lowest BCUT2D eigenvalue weighted by Gasteiger charge is -2.28. The summed E-state index contributed by atoms with van der Waals surface area (Å²) in [5.41, 5.74) is 0.693. The molecule has 0 bridgehead atoms. The van der Waals surface area contributed by atoms with E-state index in [9.17, 15) is 4.79 Å². The maximum Gasteiger partial charge on any atom is 0.227 e. The number of ether oxygens (including phenoxy) is 1. The van der Waals surface area contributed by atoms with Gasteiger partial charge in [0.1, 0.15) is 11.4 Å². The molecule has 0 saturated heterocycles. The maximum absolute atomic E-state index is 11.8. The van der Waals surface area contributed by atoms with E-state index in [0.29, 0.717) is 0 Å². The van der Waals surface area contributed by atoms with Crippen LogP contribution in [0, 0.1) is 5.92 Å². The van der Waals surface area contributed by atoms with E-state index in [2.05, 4.69) is 26.1 Å². The Kier molecular flexibility index (Phi) is 6.05. The Hall–Kier alpha value is -1.51. The Bertz CT molecular complexity index is 421. The minimum Gasteiger partial charge on any atom is -0.488 e. The van der Waals surface area contributed by atoms with Gasteiger partial charge in [-0.25, -0.2) is 0 Å². The summed E-state index contributed by atoms with van der Waals surface area (Å²) in [7, 11) is 0. The Morgan fingerprint density at radius 3 is 2.20 bits per heavy atom. The quantitative estimate of drug-likeness (QED) is 0.789. The number of nitrogens with one attached hydrogen (secondary N) is 1. The van der Waals surface area contributed by atoms with Gasteiger partial charge in [0, 0.05) is 11.6 Å². The van der Waals surface area contributed by atoms with Gasteiger partial charge in [0.2, 0.25) is 5.91 Å². The minimum absolute atomic E-state index is 0.0365. The van der Waals surface area contributed by atoms with Gasteiger partial charge in [0.05, 0.1) is 0 Å².